The molecule has 1 aliphatic rings. The minimum Gasteiger partial charge on any atom is -0.528 e. The van der Waals surface area contributed by atoms with Crippen molar-refractivity contribution < 1.29 is 169 Å². The van der Waals surface area contributed by atoms with Crippen LogP contribution >= 0.6 is 0 Å². The van der Waals surface area contributed by atoms with Crippen molar-refractivity contribution in [3.8, 4) is 5.75 Å². The van der Waals surface area contributed by atoms with Crippen molar-refractivity contribution in [3.63, 3.8) is 0 Å². The number of furan rings is 2. The molecule has 4 radical (unpaired) electrons. The fraction of sp³-hybridized carbons (Fsp3) is 0.162. The molecular weight excluding hydrogens is 928 g/mol. The Kier molecular flexibility index (Phi) is 32.6. The van der Waals surface area contributed by atoms with E-state index in [1.165, 1.54) is 25.2 Å². The standard InChI is InChI=1S/C10H7O2.C9H7O2.C9H9O2.C7H5O2.C2H6.4Y/c1-7(11)10-6-8-4-2-3-5-9(8)12-10;10-6-8-5-7-3-1-2-4-9(7)11-8;1-2-11-9-6-4-3-5-8(9)7-10;8-5-6-3-1-2-4-7(6)9;1-2;;;;/h3-6H,1H3;2-5,10H,6H2;4-7H,2H2,1H3;2-5,8H;1-2H3;;;;/q4*-1;;;;;. The van der Waals surface area contributed by atoms with Gasteiger partial charge in [0.1, 0.15) is 5.76 Å². The molecule has 8 nitrogen and oxygen atoms in total. The number of carbonyl (C=O) groups excluding carboxylic acids is 3. The van der Waals surface area contributed by atoms with E-state index >= 15 is 0 Å². The first kappa shape index (κ1) is 52.3. The number of carbonyl (C=O) groups is 3. The van der Waals surface area contributed by atoms with Crippen molar-refractivity contribution in [1.82, 2.24) is 0 Å². The summed E-state index contributed by atoms with van der Waals surface area (Å²) in [5.74, 6) is 1.40. The number of aliphatic hydroxyl groups excluding tert-OH is 2. The zero-order chi connectivity index (χ0) is 33.0. The van der Waals surface area contributed by atoms with E-state index in [-0.39, 0.29) is 155 Å². The predicted molar refractivity (Wildman–Crippen MR) is 172 cm³/mol. The van der Waals surface area contributed by atoms with Crippen LogP contribution in [0.2, 0.25) is 0 Å². The van der Waals surface area contributed by atoms with Crippen LogP contribution in [0, 0.1) is 24.3 Å². The van der Waals surface area contributed by atoms with Gasteiger partial charge < -0.3 is 33.4 Å². The molecule has 0 saturated heterocycles. The van der Waals surface area contributed by atoms with Crippen LogP contribution in [0.25, 0.3) is 21.9 Å². The van der Waals surface area contributed by atoms with Crippen molar-refractivity contribution in [2.24, 2.45) is 0 Å². The first-order valence-electron chi connectivity index (χ1n) is 14.0. The normalized spacial score (nSPS) is 11.0. The van der Waals surface area contributed by atoms with Crippen LogP contribution in [-0.2, 0) is 142 Å². The minimum absolute atomic E-state index is 0. The van der Waals surface area contributed by atoms with E-state index in [9.17, 15) is 14.4 Å². The molecule has 2 N–H and O–H groups in total. The van der Waals surface area contributed by atoms with Crippen molar-refractivity contribution in [3.05, 3.63) is 138 Å². The number of aldehydes is 1. The van der Waals surface area contributed by atoms with Gasteiger partial charge in [-0.25, -0.2) is 0 Å². The molecule has 0 amide bonds. The Morgan fingerprint density at radius 1 is 0.898 bits per heavy atom. The smallest absolute Gasteiger partial charge is 0.193 e. The van der Waals surface area contributed by atoms with Crippen LogP contribution in [0.3, 0.4) is 0 Å². The van der Waals surface area contributed by atoms with E-state index in [0.29, 0.717) is 29.4 Å². The number of benzene rings is 3. The molecule has 6 rings (SSSR count). The van der Waals surface area contributed by atoms with Gasteiger partial charge in [0.05, 0.1) is 25.3 Å². The fourth-order valence-corrected chi connectivity index (χ4v) is 3.49. The Hall–Kier alpha value is -1.05. The van der Waals surface area contributed by atoms with Crippen LogP contribution < -0.4 is 4.74 Å². The predicted octanol–water partition coefficient (Wildman–Crippen LogP) is 7.80. The third-order valence-electron chi connectivity index (χ3n) is 5.55. The van der Waals surface area contributed by atoms with E-state index in [0.717, 1.165) is 34.5 Å². The molecule has 3 aromatic carbocycles. The molecule has 0 saturated carbocycles. The van der Waals surface area contributed by atoms with Gasteiger partial charge in [-0.2, -0.15) is 72.8 Å². The van der Waals surface area contributed by atoms with E-state index < -0.39 is 0 Å². The van der Waals surface area contributed by atoms with Crippen LogP contribution in [0.4, 0.5) is 0 Å². The molecule has 2 aromatic heterocycles. The number of ether oxygens (including phenoxy) is 1. The molecule has 246 valence electrons. The number of ketones is 2. The summed E-state index contributed by atoms with van der Waals surface area (Å²) >= 11 is 0. The average Bonchev–Trinajstić information content (AvgIpc) is 3.72. The first-order chi connectivity index (χ1) is 21.9. The number of hydrogen-bond acceptors (Lipinski definition) is 8. The van der Waals surface area contributed by atoms with Crippen molar-refractivity contribution >= 4 is 39.8 Å². The molecule has 0 fully saturated rings. The molecule has 0 spiro atoms. The summed E-state index contributed by atoms with van der Waals surface area (Å²) in [5, 5.41) is 19.0. The molecule has 2 heterocycles. The maximum absolute atomic E-state index is 10.9. The quantitative estimate of drug-likeness (QED) is 0.0602. The second kappa shape index (κ2) is 30.6. The number of fused-ring (bicyclic) bond motifs is 2. The summed E-state index contributed by atoms with van der Waals surface area (Å²) in [6.07, 6.45) is 8.49. The topological polar surface area (TPSA) is 127 Å². The first-order valence-corrected chi connectivity index (χ1v) is 14.0. The van der Waals surface area contributed by atoms with E-state index in [1.807, 2.05) is 39.0 Å². The maximum Gasteiger partial charge on any atom is 0.193 e. The van der Waals surface area contributed by atoms with Crippen molar-refractivity contribution in [2.75, 3.05) is 6.61 Å². The summed E-state index contributed by atoms with van der Waals surface area (Å²) in [4.78, 5) is 32.0. The van der Waals surface area contributed by atoms with Gasteiger partial charge in [0.25, 0.3) is 0 Å². The molecule has 0 atom stereocenters. The van der Waals surface area contributed by atoms with Gasteiger partial charge >= 0.3 is 0 Å². The van der Waals surface area contributed by atoms with Gasteiger partial charge in [0, 0.05) is 161 Å². The van der Waals surface area contributed by atoms with Crippen LogP contribution in [0.1, 0.15) is 54.4 Å². The molecule has 49 heavy (non-hydrogen) atoms. The van der Waals surface area contributed by atoms with Crippen LogP contribution in [0.15, 0.2) is 106 Å². The average molecular weight is 962 g/mol. The largest absolute Gasteiger partial charge is 0.528 e. The minimum atomic E-state index is -0.184. The summed E-state index contributed by atoms with van der Waals surface area (Å²) in [7, 11) is 0. The Labute approximate surface area is 388 Å². The molecule has 12 heteroatoms. The molecule has 0 bridgehead atoms. The van der Waals surface area contributed by atoms with Crippen LogP contribution in [0.5, 0.6) is 5.75 Å². The number of allylic oxidation sites excluding steroid dienone is 5. The Morgan fingerprint density at radius 3 is 1.94 bits per heavy atom. The number of aliphatic hydroxyl groups is 2. The van der Waals surface area contributed by atoms with Crippen LogP contribution in [-0.4, -0.2) is 34.7 Å². The Balaban J connectivity index is -0.000000553. The maximum atomic E-state index is 10.9. The monoisotopic (exact) mass is 962 g/mol. The zero-order valence-electron chi connectivity index (χ0n) is 27.8. The zero-order valence-corrected chi connectivity index (χ0v) is 39.2. The molecular formula is C37H34O8Y4-4. The van der Waals surface area contributed by atoms with Gasteiger partial charge in [-0.05, 0) is 6.92 Å². The number of Topliss-reactive ketones (excluding diaryl/α,β-unsaturated/α-hetero) is 1. The summed E-state index contributed by atoms with van der Waals surface area (Å²) in [6, 6.07) is 28.0. The third-order valence-corrected chi connectivity index (χ3v) is 5.55. The van der Waals surface area contributed by atoms with Gasteiger partial charge in [0.15, 0.2) is 11.5 Å². The van der Waals surface area contributed by atoms with E-state index in [2.05, 4.69) is 24.3 Å². The fourth-order valence-electron chi connectivity index (χ4n) is 3.49. The Morgan fingerprint density at radius 2 is 1.47 bits per heavy atom. The van der Waals surface area contributed by atoms with Crippen molar-refractivity contribution in [2.45, 2.75) is 34.3 Å². The number of rotatable bonds is 5. The summed E-state index contributed by atoms with van der Waals surface area (Å²) in [6.45, 7) is 7.90. The van der Waals surface area contributed by atoms with Gasteiger partial charge in [0.2, 0.25) is 0 Å². The Bertz CT molecular complexity index is 1700. The molecule has 0 aliphatic heterocycles. The molecule has 0 unspecified atom stereocenters. The SMILES string of the molecule is CC.CC(=O)c1cc2c[c-]ccc2o1.CCOc1cc[c-]cc1C=O.O=C1C=C[C-]=CC1=CO.OCc1cc2c[c-]ccc2o1.[Y].[Y].[Y].[Y]. The number of hydrogen-bond donors (Lipinski definition) is 2. The molecule has 1 aliphatic carbocycles. The van der Waals surface area contributed by atoms with Gasteiger partial charge in [-0.3, -0.25) is 4.79 Å². The second-order valence-electron chi connectivity index (χ2n) is 8.57. The van der Waals surface area contributed by atoms with E-state index in [1.54, 1.807) is 48.5 Å². The van der Waals surface area contributed by atoms with E-state index in [4.69, 9.17) is 23.8 Å². The molecule has 5 aromatic rings. The van der Waals surface area contributed by atoms with Crippen molar-refractivity contribution in [1.29, 1.82) is 0 Å². The van der Waals surface area contributed by atoms with Gasteiger partial charge in [-0.15, -0.1) is 24.3 Å². The third kappa shape index (κ3) is 18.3. The van der Waals surface area contributed by atoms with Gasteiger partial charge in [-0.1, -0.05) is 47.9 Å². The summed E-state index contributed by atoms with van der Waals surface area (Å²) < 4.78 is 15.7. The second-order valence-corrected chi connectivity index (χ2v) is 8.57. The summed E-state index contributed by atoms with van der Waals surface area (Å²) in [5.41, 5.74) is 2.36.